The number of rotatable bonds is 3. The smallest absolute Gasteiger partial charge is 0.0789 e. The van der Waals surface area contributed by atoms with Gasteiger partial charge in [-0.25, -0.2) is 0 Å². The first kappa shape index (κ1) is 16.9. The number of hydrogen-bond donors (Lipinski definition) is 0. The highest BCUT2D eigenvalue weighted by Gasteiger charge is 2.78. The van der Waals surface area contributed by atoms with Crippen molar-refractivity contribution in [2.75, 3.05) is 6.16 Å². The summed E-state index contributed by atoms with van der Waals surface area (Å²) in [6.07, 6.45) is 9.08. The van der Waals surface area contributed by atoms with Gasteiger partial charge in [-0.1, -0.05) is 75.5 Å². The molecule has 2 bridgehead atoms. The van der Waals surface area contributed by atoms with Gasteiger partial charge < -0.3 is 0 Å². The lowest BCUT2D eigenvalue weighted by Crippen LogP contribution is -2.50. The van der Waals surface area contributed by atoms with Crippen LogP contribution >= 0.6 is 15.2 Å². The highest BCUT2D eigenvalue weighted by Crippen LogP contribution is 2.89. The fraction of sp³-hybridized carbons (Fsp3) is 0.333. The van der Waals surface area contributed by atoms with Crippen LogP contribution in [-0.4, -0.2) is 22.6 Å². The molecule has 1 fully saturated rings. The van der Waals surface area contributed by atoms with Crippen LogP contribution in [0.2, 0.25) is 0 Å². The molecule has 0 nitrogen and oxygen atoms in total. The van der Waals surface area contributed by atoms with E-state index in [4.69, 9.17) is 0 Å². The lowest BCUT2D eigenvalue weighted by molar-refractivity contribution is 0.345. The topological polar surface area (TPSA) is 0 Å². The summed E-state index contributed by atoms with van der Waals surface area (Å²) in [6, 6.07) is 22.8. The van der Waals surface area contributed by atoms with Crippen molar-refractivity contribution in [1.29, 1.82) is 0 Å². The number of benzene rings is 2. The van der Waals surface area contributed by atoms with Crippen molar-refractivity contribution in [2.45, 2.75) is 37.2 Å². The van der Waals surface area contributed by atoms with Gasteiger partial charge in [0, 0.05) is 16.7 Å². The highest BCUT2D eigenvalue weighted by atomic mass is 31.2. The summed E-state index contributed by atoms with van der Waals surface area (Å²) < 4.78 is 0. The van der Waals surface area contributed by atoms with Crippen LogP contribution in [0.15, 0.2) is 84.7 Å². The Morgan fingerprint density at radius 3 is 2.15 bits per heavy atom. The molecule has 132 valence electrons. The lowest BCUT2D eigenvalue weighted by atomic mass is 9.70. The van der Waals surface area contributed by atoms with Gasteiger partial charge in [0.2, 0.25) is 0 Å². The van der Waals surface area contributed by atoms with Crippen LogP contribution in [0, 0.1) is 5.41 Å². The van der Waals surface area contributed by atoms with Crippen molar-refractivity contribution < 1.29 is 0 Å². The van der Waals surface area contributed by atoms with Crippen molar-refractivity contribution in [3.05, 3.63) is 84.7 Å². The zero-order chi connectivity index (χ0) is 18.0. The number of fused-ring (bicyclic) bond motifs is 5. The fourth-order valence-electron chi connectivity index (χ4n) is 6.09. The highest BCUT2D eigenvalue weighted by molar-refractivity contribution is 7.88. The van der Waals surface area contributed by atoms with Gasteiger partial charge in [-0.2, -0.15) is 0 Å². The summed E-state index contributed by atoms with van der Waals surface area (Å²) in [5, 5.41) is 3.54. The number of hydrogen-bond acceptors (Lipinski definition) is 0. The first-order valence-corrected chi connectivity index (χ1v) is 13.3. The number of allylic oxidation sites excluding steroid dienone is 3. The maximum atomic E-state index is 2.69. The van der Waals surface area contributed by atoms with E-state index in [1.807, 2.05) is 0 Å². The molecule has 0 amide bonds. The van der Waals surface area contributed by atoms with Gasteiger partial charge in [0.25, 0.3) is 0 Å². The molecule has 5 rings (SSSR count). The van der Waals surface area contributed by atoms with E-state index in [9.17, 15) is 0 Å². The maximum absolute atomic E-state index is 2.69. The zero-order valence-electron chi connectivity index (χ0n) is 15.8. The largest absolute Gasteiger partial charge is 0.106 e. The molecule has 0 aromatic heterocycles. The van der Waals surface area contributed by atoms with Crippen LogP contribution in [-0.2, 0) is 0 Å². The summed E-state index contributed by atoms with van der Waals surface area (Å²) in [7, 11) is -1.55. The van der Waals surface area contributed by atoms with Crippen LogP contribution < -0.4 is 10.6 Å². The maximum Gasteiger partial charge on any atom is 0.106 e. The third kappa shape index (κ3) is 1.79. The summed E-state index contributed by atoms with van der Waals surface area (Å²) >= 11 is 0. The molecule has 0 N–H and O–H groups in total. The minimum atomic E-state index is -1.38. The molecule has 0 radical (unpaired) electrons. The minimum absolute atomic E-state index is 0.171. The van der Waals surface area contributed by atoms with Gasteiger partial charge in [-0.3, -0.25) is 0 Å². The molecule has 3 aliphatic heterocycles. The van der Waals surface area contributed by atoms with Crippen molar-refractivity contribution in [2.24, 2.45) is 5.41 Å². The molecule has 3 heterocycles. The van der Waals surface area contributed by atoms with E-state index in [0.29, 0.717) is 16.5 Å². The van der Waals surface area contributed by atoms with E-state index in [-0.39, 0.29) is 13.3 Å². The third-order valence-electron chi connectivity index (χ3n) is 7.63. The average molecular weight is 377 g/mol. The third-order valence-corrected chi connectivity index (χ3v) is 16.6. The molecule has 6 atom stereocenters. The SMILES string of the molecule is CC[P+]1(c2ccccc2)C=C[C@@]2(C)[C@H]3C=C[C@H](P3c3ccccc3)[C@]21C. The van der Waals surface area contributed by atoms with E-state index in [0.717, 1.165) is 0 Å². The van der Waals surface area contributed by atoms with Gasteiger partial charge in [0.15, 0.2) is 0 Å². The van der Waals surface area contributed by atoms with E-state index in [1.165, 1.54) is 6.16 Å². The molecule has 0 aliphatic carbocycles. The standard InChI is InChI=1S/C24H27P2/c1-4-26(20-13-9-6-10-14-20)18-17-23(2)21-15-16-22(24(23,26)3)25(21)19-11-7-5-8-12-19/h5-18,21-22H,4H2,1-3H3/q+1/t21-,22+,23+,24-,25?,26?/m1/s1. The first-order valence-electron chi connectivity index (χ1n) is 9.74. The Morgan fingerprint density at radius 1 is 0.885 bits per heavy atom. The quantitative estimate of drug-likeness (QED) is 0.471. The van der Waals surface area contributed by atoms with Crippen LogP contribution in [0.4, 0.5) is 0 Å². The van der Waals surface area contributed by atoms with Gasteiger partial charge in [-0.05, 0) is 37.4 Å². The Morgan fingerprint density at radius 2 is 1.50 bits per heavy atom. The Kier molecular flexibility index (Phi) is 3.67. The first-order chi connectivity index (χ1) is 12.6. The van der Waals surface area contributed by atoms with E-state index >= 15 is 0 Å². The molecule has 2 heteroatoms. The van der Waals surface area contributed by atoms with Gasteiger partial charge in [0.05, 0.1) is 24.5 Å². The molecule has 2 unspecified atom stereocenters. The van der Waals surface area contributed by atoms with Crippen molar-refractivity contribution >= 4 is 25.8 Å². The predicted molar refractivity (Wildman–Crippen MR) is 119 cm³/mol. The Balaban J connectivity index is 1.71. The summed E-state index contributed by atoms with van der Waals surface area (Å²) in [4.78, 5) is 0. The summed E-state index contributed by atoms with van der Waals surface area (Å²) in [5.74, 6) is 2.69. The summed E-state index contributed by atoms with van der Waals surface area (Å²) in [6.45, 7) is 7.64. The van der Waals surface area contributed by atoms with Gasteiger partial charge >= 0.3 is 0 Å². The molecule has 3 aliphatic rings. The van der Waals surface area contributed by atoms with Crippen LogP contribution in [0.3, 0.4) is 0 Å². The second-order valence-corrected chi connectivity index (χ2v) is 14.8. The van der Waals surface area contributed by atoms with Gasteiger partial charge in [0.1, 0.15) is 5.16 Å². The van der Waals surface area contributed by atoms with Crippen LogP contribution in [0.1, 0.15) is 20.8 Å². The molecule has 26 heavy (non-hydrogen) atoms. The molecular formula is C24H27P2+. The molecular weight excluding hydrogens is 350 g/mol. The predicted octanol–water partition coefficient (Wildman–Crippen LogP) is 5.77. The molecule has 1 saturated heterocycles. The minimum Gasteiger partial charge on any atom is -0.0789 e. The molecule has 0 saturated carbocycles. The summed E-state index contributed by atoms with van der Waals surface area (Å²) in [5.41, 5.74) is 1.66. The molecule has 2 aromatic carbocycles. The second kappa shape index (κ2) is 5.64. The van der Waals surface area contributed by atoms with Crippen molar-refractivity contribution in [1.82, 2.24) is 0 Å². The van der Waals surface area contributed by atoms with Crippen LogP contribution in [0.25, 0.3) is 0 Å². The Hall–Kier alpha value is -1.22. The zero-order valence-corrected chi connectivity index (χ0v) is 17.6. The fourth-order valence-corrected chi connectivity index (χ4v) is 16.2. The average Bonchev–Trinajstić information content (AvgIpc) is 3.29. The van der Waals surface area contributed by atoms with E-state index in [2.05, 4.69) is 105 Å². The van der Waals surface area contributed by atoms with Crippen molar-refractivity contribution in [3.8, 4) is 0 Å². The van der Waals surface area contributed by atoms with Crippen LogP contribution in [0.5, 0.6) is 0 Å². The lowest BCUT2D eigenvalue weighted by Gasteiger charge is -2.46. The van der Waals surface area contributed by atoms with E-state index < -0.39 is 7.26 Å². The van der Waals surface area contributed by atoms with Crippen molar-refractivity contribution in [3.63, 3.8) is 0 Å². The van der Waals surface area contributed by atoms with Gasteiger partial charge in [-0.15, -0.1) is 0 Å². The van der Waals surface area contributed by atoms with E-state index in [1.54, 1.807) is 10.6 Å². The second-order valence-electron chi connectivity index (χ2n) is 8.28. The molecule has 0 spiro atoms. The Bertz CT molecular complexity index is 887. The normalized spacial score (nSPS) is 42.3. The monoisotopic (exact) mass is 377 g/mol. The Labute approximate surface area is 159 Å². The molecule has 2 aromatic rings.